The lowest BCUT2D eigenvalue weighted by atomic mass is 10.3. The fraction of sp³-hybridized carbons (Fsp3) is 0.100. The second-order valence-electron chi connectivity index (χ2n) is 2.95. The Balaban J connectivity index is 2.02. The molecule has 2 aromatic rings. The summed E-state index contributed by atoms with van der Waals surface area (Å²) in [5.74, 6) is -0.252. The third-order valence-electron chi connectivity index (χ3n) is 1.87. The van der Waals surface area contributed by atoms with E-state index in [2.05, 4.69) is 26.2 Å². The topological polar surface area (TPSA) is 24.9 Å². The number of nitrogens with zero attached hydrogens (tertiary/aromatic N) is 1. The van der Waals surface area contributed by atoms with E-state index in [1.807, 2.05) is 6.20 Å². The summed E-state index contributed by atoms with van der Waals surface area (Å²) >= 11 is 4.73. The van der Waals surface area contributed by atoms with E-state index in [1.54, 1.807) is 29.0 Å². The van der Waals surface area contributed by atoms with Gasteiger partial charge in [0.2, 0.25) is 0 Å². The van der Waals surface area contributed by atoms with Crippen molar-refractivity contribution >= 4 is 33.0 Å². The minimum atomic E-state index is -0.252. The van der Waals surface area contributed by atoms with Gasteiger partial charge in [-0.25, -0.2) is 4.39 Å². The van der Waals surface area contributed by atoms with Crippen LogP contribution in [0.5, 0.6) is 0 Å². The molecular formula is C10H8BrFN2S. The van der Waals surface area contributed by atoms with Crippen LogP contribution in [0.3, 0.4) is 0 Å². The Bertz CT molecular complexity index is 445. The summed E-state index contributed by atoms with van der Waals surface area (Å²) in [5.41, 5.74) is 2.68. The molecule has 0 spiro atoms. The van der Waals surface area contributed by atoms with Gasteiger partial charge in [0.15, 0.2) is 0 Å². The molecule has 0 aliphatic carbocycles. The fourth-order valence-corrected chi connectivity index (χ4v) is 2.04. The summed E-state index contributed by atoms with van der Waals surface area (Å²) in [6, 6.07) is 4.86. The summed E-state index contributed by atoms with van der Waals surface area (Å²) in [5, 5.41) is 3.19. The van der Waals surface area contributed by atoms with Crippen molar-refractivity contribution in [3.8, 4) is 0 Å². The van der Waals surface area contributed by atoms with E-state index in [9.17, 15) is 4.39 Å². The van der Waals surface area contributed by atoms with Gasteiger partial charge in [-0.05, 0) is 34.1 Å². The van der Waals surface area contributed by atoms with E-state index < -0.39 is 0 Å². The molecule has 0 atom stereocenters. The zero-order valence-corrected chi connectivity index (χ0v) is 10.1. The lowest BCUT2D eigenvalue weighted by Crippen LogP contribution is -1.97. The zero-order valence-electron chi connectivity index (χ0n) is 7.71. The van der Waals surface area contributed by atoms with Crippen LogP contribution in [0.4, 0.5) is 10.1 Å². The first kappa shape index (κ1) is 10.6. The largest absolute Gasteiger partial charge is 0.380 e. The first-order chi connectivity index (χ1) is 7.25. The van der Waals surface area contributed by atoms with E-state index in [0.29, 0.717) is 11.0 Å². The van der Waals surface area contributed by atoms with Crippen LogP contribution in [0, 0.1) is 5.82 Å². The molecule has 1 aromatic carbocycles. The van der Waals surface area contributed by atoms with Crippen molar-refractivity contribution in [2.45, 2.75) is 6.54 Å². The predicted molar refractivity (Wildman–Crippen MR) is 63.5 cm³/mol. The van der Waals surface area contributed by atoms with Crippen molar-refractivity contribution in [1.82, 2.24) is 4.98 Å². The fourth-order valence-electron chi connectivity index (χ4n) is 1.12. The molecule has 0 saturated carbocycles. The molecule has 2 rings (SSSR count). The summed E-state index contributed by atoms with van der Waals surface area (Å²) in [6.07, 6.45) is 1.82. The highest BCUT2D eigenvalue weighted by Crippen LogP contribution is 2.20. The number of aromatic nitrogens is 1. The van der Waals surface area contributed by atoms with Crippen molar-refractivity contribution in [3.63, 3.8) is 0 Å². The van der Waals surface area contributed by atoms with E-state index in [-0.39, 0.29) is 5.82 Å². The summed E-state index contributed by atoms with van der Waals surface area (Å²) in [7, 11) is 0. The summed E-state index contributed by atoms with van der Waals surface area (Å²) in [4.78, 5) is 5.12. The molecule has 2 nitrogen and oxygen atoms in total. The SMILES string of the molecule is Fc1ccc(NCc2cncs2)cc1Br. The lowest BCUT2D eigenvalue weighted by molar-refractivity contribution is 0.621. The third-order valence-corrected chi connectivity index (χ3v) is 3.26. The summed E-state index contributed by atoms with van der Waals surface area (Å²) in [6.45, 7) is 0.711. The normalized spacial score (nSPS) is 10.3. The van der Waals surface area contributed by atoms with E-state index >= 15 is 0 Å². The van der Waals surface area contributed by atoms with Gasteiger partial charge in [-0.1, -0.05) is 0 Å². The molecule has 1 N–H and O–H groups in total. The number of thiazole rings is 1. The maximum Gasteiger partial charge on any atom is 0.137 e. The van der Waals surface area contributed by atoms with Gasteiger partial charge in [0.25, 0.3) is 0 Å². The molecule has 0 amide bonds. The Morgan fingerprint density at radius 2 is 2.33 bits per heavy atom. The lowest BCUT2D eigenvalue weighted by Gasteiger charge is -2.05. The quantitative estimate of drug-likeness (QED) is 0.932. The third kappa shape index (κ3) is 2.76. The number of hydrogen-bond donors (Lipinski definition) is 1. The van der Waals surface area contributed by atoms with Crippen LogP contribution in [0.25, 0.3) is 0 Å². The molecule has 0 aliphatic heterocycles. The molecule has 5 heteroatoms. The van der Waals surface area contributed by atoms with E-state index in [1.165, 1.54) is 6.07 Å². The molecule has 1 aromatic heterocycles. The number of halogens is 2. The molecule has 15 heavy (non-hydrogen) atoms. The first-order valence-electron chi connectivity index (χ1n) is 4.32. The molecule has 0 fully saturated rings. The van der Waals surface area contributed by atoms with Gasteiger partial charge < -0.3 is 5.32 Å². The van der Waals surface area contributed by atoms with Crippen LogP contribution in [0.15, 0.2) is 34.4 Å². The van der Waals surface area contributed by atoms with Crippen molar-refractivity contribution in [1.29, 1.82) is 0 Å². The van der Waals surface area contributed by atoms with Gasteiger partial charge >= 0.3 is 0 Å². The van der Waals surface area contributed by atoms with Gasteiger partial charge in [-0.3, -0.25) is 4.98 Å². The van der Waals surface area contributed by atoms with Crippen LogP contribution >= 0.6 is 27.3 Å². The van der Waals surface area contributed by atoms with Crippen molar-refractivity contribution in [2.24, 2.45) is 0 Å². The van der Waals surface area contributed by atoms with Crippen LogP contribution in [0.1, 0.15) is 4.88 Å². The maximum absolute atomic E-state index is 12.9. The second kappa shape index (κ2) is 4.72. The highest BCUT2D eigenvalue weighted by Gasteiger charge is 2.00. The Kier molecular flexibility index (Phi) is 3.33. The van der Waals surface area contributed by atoms with Crippen LogP contribution in [0.2, 0.25) is 0 Å². The Morgan fingerprint density at radius 1 is 1.47 bits per heavy atom. The molecule has 0 unspecified atom stereocenters. The van der Waals surface area contributed by atoms with Crippen LogP contribution in [-0.4, -0.2) is 4.98 Å². The van der Waals surface area contributed by atoms with E-state index in [4.69, 9.17) is 0 Å². The van der Waals surface area contributed by atoms with Crippen molar-refractivity contribution < 1.29 is 4.39 Å². The predicted octanol–water partition coefficient (Wildman–Crippen LogP) is 3.66. The number of benzene rings is 1. The smallest absolute Gasteiger partial charge is 0.137 e. The van der Waals surface area contributed by atoms with Crippen molar-refractivity contribution in [3.05, 3.63) is 45.1 Å². The Hall–Kier alpha value is -0.940. The summed E-state index contributed by atoms with van der Waals surface area (Å²) < 4.78 is 13.4. The standard InChI is InChI=1S/C10H8BrFN2S/c11-9-3-7(1-2-10(9)12)14-5-8-4-13-6-15-8/h1-4,6,14H,5H2. The Morgan fingerprint density at radius 3 is 3.00 bits per heavy atom. The Labute approximate surface area is 99.3 Å². The minimum absolute atomic E-state index is 0.252. The van der Waals surface area contributed by atoms with Crippen LogP contribution in [-0.2, 0) is 6.54 Å². The van der Waals surface area contributed by atoms with E-state index in [0.717, 1.165) is 10.6 Å². The molecule has 1 heterocycles. The number of nitrogens with one attached hydrogen (secondary N) is 1. The number of hydrogen-bond acceptors (Lipinski definition) is 3. The highest BCUT2D eigenvalue weighted by atomic mass is 79.9. The van der Waals surface area contributed by atoms with Gasteiger partial charge in [-0.15, -0.1) is 11.3 Å². The number of rotatable bonds is 3. The zero-order chi connectivity index (χ0) is 10.7. The van der Waals surface area contributed by atoms with Gasteiger partial charge in [0, 0.05) is 16.8 Å². The maximum atomic E-state index is 12.9. The van der Waals surface area contributed by atoms with Gasteiger partial charge in [0.05, 0.1) is 16.5 Å². The molecule has 78 valence electrons. The minimum Gasteiger partial charge on any atom is -0.380 e. The highest BCUT2D eigenvalue weighted by molar-refractivity contribution is 9.10. The van der Waals surface area contributed by atoms with Crippen molar-refractivity contribution in [2.75, 3.05) is 5.32 Å². The molecule has 0 saturated heterocycles. The second-order valence-corrected chi connectivity index (χ2v) is 4.78. The molecule has 0 radical (unpaired) electrons. The monoisotopic (exact) mass is 286 g/mol. The number of anilines is 1. The average Bonchev–Trinajstić information content (AvgIpc) is 2.73. The average molecular weight is 287 g/mol. The molecule has 0 aliphatic rings. The van der Waals surface area contributed by atoms with Crippen LogP contribution < -0.4 is 5.32 Å². The van der Waals surface area contributed by atoms with Gasteiger partial charge in [-0.2, -0.15) is 0 Å². The van der Waals surface area contributed by atoms with Gasteiger partial charge in [0.1, 0.15) is 5.82 Å². The molecular weight excluding hydrogens is 279 g/mol. The first-order valence-corrected chi connectivity index (χ1v) is 5.99. The molecule has 0 bridgehead atoms.